The molecular weight excluding hydrogens is 228 g/mol. The molecule has 4 heteroatoms. The summed E-state index contributed by atoms with van der Waals surface area (Å²) in [5.41, 5.74) is 1.06. The van der Waals surface area contributed by atoms with Crippen LogP contribution in [-0.2, 0) is 4.79 Å². The highest BCUT2D eigenvalue weighted by Crippen LogP contribution is 2.19. The second kappa shape index (κ2) is 5.87. The quantitative estimate of drug-likeness (QED) is 0.851. The molecule has 18 heavy (non-hydrogen) atoms. The number of hydrogen-bond donors (Lipinski definition) is 2. The summed E-state index contributed by atoms with van der Waals surface area (Å²) in [6, 6.07) is 7.75. The van der Waals surface area contributed by atoms with E-state index >= 15 is 0 Å². The number of benzene rings is 1. The summed E-state index contributed by atoms with van der Waals surface area (Å²) in [4.78, 5) is 12.0. The fourth-order valence-electron chi connectivity index (χ4n) is 2.22. The molecule has 1 aromatic carbocycles. The maximum atomic E-state index is 12.0. The van der Waals surface area contributed by atoms with Gasteiger partial charge < -0.3 is 15.4 Å². The average Bonchev–Trinajstić information content (AvgIpc) is 2.92. The van der Waals surface area contributed by atoms with Gasteiger partial charge in [-0.1, -0.05) is 12.1 Å². The van der Waals surface area contributed by atoms with Crippen molar-refractivity contribution in [1.82, 2.24) is 10.6 Å². The molecule has 1 aliphatic heterocycles. The maximum Gasteiger partial charge on any atom is 0.237 e. The number of amides is 1. The van der Waals surface area contributed by atoms with E-state index in [1.54, 1.807) is 7.11 Å². The van der Waals surface area contributed by atoms with Gasteiger partial charge in [0.25, 0.3) is 0 Å². The lowest BCUT2D eigenvalue weighted by atomic mass is 10.1. The first kappa shape index (κ1) is 12.9. The monoisotopic (exact) mass is 248 g/mol. The Morgan fingerprint density at radius 1 is 1.56 bits per heavy atom. The van der Waals surface area contributed by atoms with E-state index in [2.05, 4.69) is 10.6 Å². The zero-order chi connectivity index (χ0) is 13.0. The molecule has 0 aromatic heterocycles. The van der Waals surface area contributed by atoms with Crippen LogP contribution >= 0.6 is 0 Å². The van der Waals surface area contributed by atoms with Gasteiger partial charge in [0.15, 0.2) is 0 Å². The van der Waals surface area contributed by atoms with Gasteiger partial charge in [-0.3, -0.25) is 4.79 Å². The normalized spacial score (nSPS) is 20.4. The van der Waals surface area contributed by atoms with Gasteiger partial charge in [-0.15, -0.1) is 0 Å². The Morgan fingerprint density at radius 3 is 3.06 bits per heavy atom. The molecule has 0 radical (unpaired) electrons. The van der Waals surface area contributed by atoms with Crippen LogP contribution in [0.2, 0.25) is 0 Å². The van der Waals surface area contributed by atoms with Crippen molar-refractivity contribution in [3.05, 3.63) is 29.8 Å². The zero-order valence-corrected chi connectivity index (χ0v) is 10.9. The van der Waals surface area contributed by atoms with Crippen LogP contribution in [-0.4, -0.2) is 25.6 Å². The van der Waals surface area contributed by atoms with Crippen molar-refractivity contribution in [2.75, 3.05) is 13.7 Å². The number of methoxy groups -OCH3 is 1. The molecular formula is C14H20N2O2. The van der Waals surface area contributed by atoms with Crippen molar-refractivity contribution in [3.63, 3.8) is 0 Å². The summed E-state index contributed by atoms with van der Waals surface area (Å²) >= 11 is 0. The lowest BCUT2D eigenvalue weighted by Crippen LogP contribution is -2.41. The molecule has 0 spiro atoms. The van der Waals surface area contributed by atoms with Crippen molar-refractivity contribution in [2.24, 2.45) is 0 Å². The van der Waals surface area contributed by atoms with Crippen LogP contribution in [0.1, 0.15) is 31.4 Å². The summed E-state index contributed by atoms with van der Waals surface area (Å²) in [5.74, 6) is 0.899. The summed E-state index contributed by atoms with van der Waals surface area (Å²) in [7, 11) is 1.64. The maximum absolute atomic E-state index is 12.0. The van der Waals surface area contributed by atoms with Gasteiger partial charge in [0.1, 0.15) is 5.75 Å². The van der Waals surface area contributed by atoms with E-state index in [-0.39, 0.29) is 18.0 Å². The molecule has 1 aromatic rings. The van der Waals surface area contributed by atoms with Crippen LogP contribution in [0.5, 0.6) is 5.75 Å². The zero-order valence-electron chi connectivity index (χ0n) is 10.9. The van der Waals surface area contributed by atoms with E-state index in [1.807, 2.05) is 31.2 Å². The predicted octanol–water partition coefficient (Wildman–Crippen LogP) is 1.62. The molecule has 0 bridgehead atoms. The van der Waals surface area contributed by atoms with Gasteiger partial charge in [0.2, 0.25) is 5.91 Å². The minimum absolute atomic E-state index is 0.00463. The lowest BCUT2D eigenvalue weighted by Gasteiger charge is -2.18. The third-order valence-corrected chi connectivity index (χ3v) is 3.33. The Bertz CT molecular complexity index is 414. The van der Waals surface area contributed by atoms with Gasteiger partial charge in [0, 0.05) is 0 Å². The molecule has 1 amide bonds. The molecule has 1 aliphatic rings. The molecule has 2 atom stereocenters. The van der Waals surface area contributed by atoms with E-state index < -0.39 is 0 Å². The van der Waals surface area contributed by atoms with E-state index in [9.17, 15) is 4.79 Å². The molecule has 4 nitrogen and oxygen atoms in total. The van der Waals surface area contributed by atoms with Crippen LogP contribution in [0.15, 0.2) is 24.3 Å². The summed E-state index contributed by atoms with van der Waals surface area (Å²) in [5, 5.41) is 6.23. The Morgan fingerprint density at radius 2 is 2.39 bits per heavy atom. The predicted molar refractivity (Wildman–Crippen MR) is 70.6 cm³/mol. The molecule has 0 aliphatic carbocycles. The number of hydrogen-bond acceptors (Lipinski definition) is 3. The second-order valence-electron chi connectivity index (χ2n) is 4.66. The van der Waals surface area contributed by atoms with Gasteiger partial charge in [-0.05, 0) is 44.0 Å². The Kier molecular flexibility index (Phi) is 4.20. The topological polar surface area (TPSA) is 50.4 Å². The molecule has 2 N–H and O–H groups in total. The smallest absolute Gasteiger partial charge is 0.237 e. The third-order valence-electron chi connectivity index (χ3n) is 3.33. The number of carbonyl (C=O) groups is 1. The van der Waals surface area contributed by atoms with Crippen LogP contribution in [0.4, 0.5) is 0 Å². The van der Waals surface area contributed by atoms with Crippen LogP contribution in [0.25, 0.3) is 0 Å². The molecule has 98 valence electrons. The van der Waals surface area contributed by atoms with Crippen LogP contribution < -0.4 is 15.4 Å². The largest absolute Gasteiger partial charge is 0.497 e. The van der Waals surface area contributed by atoms with Gasteiger partial charge >= 0.3 is 0 Å². The molecule has 1 heterocycles. The average molecular weight is 248 g/mol. The molecule has 2 rings (SSSR count). The summed E-state index contributed by atoms with van der Waals surface area (Å²) in [6.07, 6.45) is 2.00. The minimum Gasteiger partial charge on any atom is -0.497 e. The van der Waals surface area contributed by atoms with Crippen LogP contribution in [0.3, 0.4) is 0 Å². The first-order valence-corrected chi connectivity index (χ1v) is 6.38. The van der Waals surface area contributed by atoms with Crippen molar-refractivity contribution in [1.29, 1.82) is 0 Å². The van der Waals surface area contributed by atoms with Crippen molar-refractivity contribution in [3.8, 4) is 5.75 Å². The van der Waals surface area contributed by atoms with E-state index in [0.717, 1.165) is 30.7 Å². The fourth-order valence-corrected chi connectivity index (χ4v) is 2.22. The molecule has 1 unspecified atom stereocenters. The fraction of sp³-hybridized carbons (Fsp3) is 0.500. The molecule has 0 saturated carbocycles. The van der Waals surface area contributed by atoms with E-state index in [1.165, 1.54) is 0 Å². The van der Waals surface area contributed by atoms with Crippen LogP contribution in [0, 0.1) is 0 Å². The highest BCUT2D eigenvalue weighted by Gasteiger charge is 2.23. The molecule has 1 saturated heterocycles. The third kappa shape index (κ3) is 3.01. The van der Waals surface area contributed by atoms with E-state index in [4.69, 9.17) is 4.74 Å². The summed E-state index contributed by atoms with van der Waals surface area (Å²) in [6.45, 7) is 2.92. The van der Waals surface area contributed by atoms with E-state index in [0.29, 0.717) is 0 Å². The number of ether oxygens (including phenoxy) is 1. The standard InChI is InChI=1S/C14H20N2O2/c1-10(11-5-3-6-12(9-11)18-2)16-14(17)13-7-4-8-15-13/h3,5-6,9-10,13,15H,4,7-8H2,1-2H3,(H,16,17)/t10?,13-/m1/s1. The Hall–Kier alpha value is -1.55. The minimum atomic E-state index is -0.0296. The van der Waals surface area contributed by atoms with Gasteiger partial charge in [0.05, 0.1) is 19.2 Å². The van der Waals surface area contributed by atoms with Gasteiger partial charge in [-0.2, -0.15) is 0 Å². The summed E-state index contributed by atoms with van der Waals surface area (Å²) < 4.78 is 5.18. The lowest BCUT2D eigenvalue weighted by molar-refractivity contribution is -0.123. The molecule has 1 fully saturated rings. The van der Waals surface area contributed by atoms with Gasteiger partial charge in [-0.25, -0.2) is 0 Å². The Balaban J connectivity index is 1.97. The van der Waals surface area contributed by atoms with Crippen molar-refractivity contribution >= 4 is 5.91 Å². The first-order valence-electron chi connectivity index (χ1n) is 6.38. The number of carbonyl (C=O) groups excluding carboxylic acids is 1. The highest BCUT2D eigenvalue weighted by atomic mass is 16.5. The van der Waals surface area contributed by atoms with Crippen molar-refractivity contribution in [2.45, 2.75) is 31.8 Å². The second-order valence-corrected chi connectivity index (χ2v) is 4.66. The number of nitrogens with one attached hydrogen (secondary N) is 2. The first-order chi connectivity index (χ1) is 8.70. The van der Waals surface area contributed by atoms with Crippen molar-refractivity contribution < 1.29 is 9.53 Å². The SMILES string of the molecule is COc1cccc(C(C)NC(=O)[C@H]2CCCN2)c1. The highest BCUT2D eigenvalue weighted by molar-refractivity contribution is 5.82. The Labute approximate surface area is 108 Å². The number of rotatable bonds is 4.